The summed E-state index contributed by atoms with van der Waals surface area (Å²) in [7, 11) is -3.40. The average Bonchev–Trinajstić information content (AvgIpc) is 3.09. The lowest BCUT2D eigenvalue weighted by Crippen LogP contribution is -2.45. The van der Waals surface area contributed by atoms with Crippen LogP contribution in [0.2, 0.25) is 0 Å². The monoisotopic (exact) mass is 353 g/mol. The van der Waals surface area contributed by atoms with E-state index < -0.39 is 10.0 Å². The molecule has 0 saturated carbocycles. The minimum atomic E-state index is -3.40. The number of rotatable bonds is 5. The van der Waals surface area contributed by atoms with Crippen LogP contribution < -0.4 is 5.73 Å². The van der Waals surface area contributed by atoms with Gasteiger partial charge in [-0.2, -0.15) is 4.31 Å². The van der Waals surface area contributed by atoms with Gasteiger partial charge in [-0.3, -0.25) is 0 Å². The first-order valence-electron chi connectivity index (χ1n) is 7.41. The van der Waals surface area contributed by atoms with Crippen LogP contribution in [0.4, 0.5) is 5.82 Å². The highest BCUT2D eigenvalue weighted by Gasteiger charge is 2.31. The van der Waals surface area contributed by atoms with Gasteiger partial charge in [0.25, 0.3) is 10.0 Å². The van der Waals surface area contributed by atoms with Crippen LogP contribution >= 0.6 is 11.3 Å². The standard InChI is InChI=1S/C15H19N3O3S2/c16-14-10-12(5-6-17-14)3-4-13-11-18(7-8-21-13)23(19,20)15-2-1-9-22-15/h1-2,5-6,9-10,13H,3-4,7-8,11H2,(H2,16,17)/t13-/m1/s1. The van der Waals surface area contributed by atoms with Crippen molar-refractivity contribution in [1.82, 2.24) is 9.29 Å². The summed E-state index contributed by atoms with van der Waals surface area (Å²) in [5.74, 6) is 0.494. The van der Waals surface area contributed by atoms with Crippen molar-refractivity contribution in [3.63, 3.8) is 0 Å². The molecule has 124 valence electrons. The minimum Gasteiger partial charge on any atom is -0.384 e. The second kappa shape index (κ2) is 6.96. The molecule has 2 N–H and O–H groups in total. The summed E-state index contributed by atoms with van der Waals surface area (Å²) in [6.07, 6.45) is 3.11. The third-order valence-electron chi connectivity index (χ3n) is 3.79. The molecule has 0 aliphatic carbocycles. The van der Waals surface area contributed by atoms with Gasteiger partial charge in [0.2, 0.25) is 0 Å². The number of nitrogens with zero attached hydrogens (tertiary/aromatic N) is 2. The van der Waals surface area contributed by atoms with Crippen molar-refractivity contribution in [1.29, 1.82) is 0 Å². The fourth-order valence-electron chi connectivity index (χ4n) is 2.60. The summed E-state index contributed by atoms with van der Waals surface area (Å²) in [4.78, 5) is 3.97. The Morgan fingerprint density at radius 1 is 1.43 bits per heavy atom. The first-order chi connectivity index (χ1) is 11.1. The first kappa shape index (κ1) is 16.4. The molecule has 3 heterocycles. The van der Waals surface area contributed by atoms with Gasteiger partial charge in [-0.1, -0.05) is 6.07 Å². The molecule has 1 fully saturated rings. The van der Waals surface area contributed by atoms with Gasteiger partial charge in [0, 0.05) is 19.3 Å². The van der Waals surface area contributed by atoms with E-state index in [0.717, 1.165) is 18.4 Å². The van der Waals surface area contributed by atoms with Crippen molar-refractivity contribution in [3.05, 3.63) is 41.4 Å². The molecule has 23 heavy (non-hydrogen) atoms. The Hall–Kier alpha value is -1.48. The summed E-state index contributed by atoms with van der Waals surface area (Å²) in [6.45, 7) is 1.22. The molecule has 0 unspecified atom stereocenters. The number of morpholine rings is 1. The number of sulfonamides is 1. The van der Waals surface area contributed by atoms with Gasteiger partial charge in [0.05, 0.1) is 12.7 Å². The molecule has 0 bridgehead atoms. The van der Waals surface area contributed by atoms with Gasteiger partial charge in [0.15, 0.2) is 0 Å². The summed E-state index contributed by atoms with van der Waals surface area (Å²) >= 11 is 1.25. The quantitative estimate of drug-likeness (QED) is 0.885. The molecule has 6 nitrogen and oxygen atoms in total. The van der Waals surface area contributed by atoms with Crippen LogP contribution in [-0.2, 0) is 21.2 Å². The van der Waals surface area contributed by atoms with Crippen molar-refractivity contribution in [3.8, 4) is 0 Å². The Bertz CT molecular complexity index is 747. The van der Waals surface area contributed by atoms with Gasteiger partial charge in [-0.05, 0) is 42.0 Å². The Morgan fingerprint density at radius 2 is 2.30 bits per heavy atom. The van der Waals surface area contributed by atoms with Gasteiger partial charge >= 0.3 is 0 Å². The van der Waals surface area contributed by atoms with Crippen LogP contribution in [0.15, 0.2) is 40.1 Å². The Balaban J connectivity index is 1.62. The summed E-state index contributed by atoms with van der Waals surface area (Å²) in [5.41, 5.74) is 6.75. The molecule has 0 radical (unpaired) electrons. The Kier molecular flexibility index (Phi) is 4.96. The highest BCUT2D eigenvalue weighted by atomic mass is 32.2. The molecule has 1 atom stereocenters. The maximum Gasteiger partial charge on any atom is 0.252 e. The third kappa shape index (κ3) is 3.89. The summed E-state index contributed by atoms with van der Waals surface area (Å²) in [5, 5.41) is 1.78. The molecule has 8 heteroatoms. The molecule has 0 spiro atoms. The van der Waals surface area contributed by atoms with E-state index in [4.69, 9.17) is 10.5 Å². The molecule has 1 aliphatic rings. The topological polar surface area (TPSA) is 85.5 Å². The van der Waals surface area contributed by atoms with Crippen molar-refractivity contribution in [2.75, 3.05) is 25.4 Å². The molecule has 0 aromatic carbocycles. The fourth-order valence-corrected chi connectivity index (χ4v) is 5.20. The fraction of sp³-hybridized carbons (Fsp3) is 0.400. The molecular weight excluding hydrogens is 334 g/mol. The van der Waals surface area contributed by atoms with E-state index in [1.54, 1.807) is 23.7 Å². The van der Waals surface area contributed by atoms with E-state index in [0.29, 0.717) is 29.7 Å². The molecular formula is C15H19N3O3S2. The second-order valence-electron chi connectivity index (χ2n) is 5.42. The highest BCUT2D eigenvalue weighted by Crippen LogP contribution is 2.24. The number of thiophene rings is 1. The van der Waals surface area contributed by atoms with E-state index >= 15 is 0 Å². The zero-order chi connectivity index (χ0) is 16.3. The number of pyridine rings is 1. The van der Waals surface area contributed by atoms with Crippen molar-refractivity contribution < 1.29 is 13.2 Å². The number of aryl methyl sites for hydroxylation is 1. The van der Waals surface area contributed by atoms with Crippen molar-refractivity contribution in [2.45, 2.75) is 23.2 Å². The van der Waals surface area contributed by atoms with Gasteiger partial charge in [-0.25, -0.2) is 13.4 Å². The lowest BCUT2D eigenvalue weighted by atomic mass is 10.1. The number of hydrogen-bond donors (Lipinski definition) is 1. The van der Waals surface area contributed by atoms with E-state index in [-0.39, 0.29) is 6.10 Å². The van der Waals surface area contributed by atoms with Gasteiger partial charge in [-0.15, -0.1) is 11.3 Å². The van der Waals surface area contributed by atoms with Crippen LogP contribution in [0.1, 0.15) is 12.0 Å². The third-order valence-corrected chi connectivity index (χ3v) is 7.03. The van der Waals surface area contributed by atoms with Gasteiger partial charge in [0.1, 0.15) is 10.0 Å². The Morgan fingerprint density at radius 3 is 3.04 bits per heavy atom. The predicted molar refractivity (Wildman–Crippen MR) is 89.8 cm³/mol. The Labute approximate surface area is 140 Å². The van der Waals surface area contributed by atoms with Crippen molar-refractivity contribution >= 4 is 27.2 Å². The smallest absolute Gasteiger partial charge is 0.252 e. The van der Waals surface area contributed by atoms with E-state index in [1.807, 2.05) is 12.1 Å². The number of hydrogen-bond acceptors (Lipinski definition) is 6. The van der Waals surface area contributed by atoms with Crippen molar-refractivity contribution in [2.24, 2.45) is 0 Å². The van der Waals surface area contributed by atoms with Crippen LogP contribution in [0, 0.1) is 0 Å². The molecule has 0 amide bonds. The zero-order valence-electron chi connectivity index (χ0n) is 12.6. The van der Waals surface area contributed by atoms with Crippen LogP contribution in [0.25, 0.3) is 0 Å². The number of ether oxygens (including phenoxy) is 1. The molecule has 2 aromatic heterocycles. The number of aromatic nitrogens is 1. The number of nitrogen functional groups attached to an aromatic ring is 1. The number of nitrogens with two attached hydrogens (primary N) is 1. The molecule has 1 aliphatic heterocycles. The van der Waals surface area contributed by atoms with Crippen LogP contribution in [0.3, 0.4) is 0 Å². The molecule has 2 aromatic rings. The summed E-state index contributed by atoms with van der Waals surface area (Å²) in [6, 6.07) is 7.15. The van der Waals surface area contributed by atoms with Gasteiger partial charge < -0.3 is 10.5 Å². The summed E-state index contributed by atoms with van der Waals surface area (Å²) < 4.78 is 32.8. The van der Waals surface area contributed by atoms with Crippen LogP contribution in [-0.4, -0.2) is 43.5 Å². The van der Waals surface area contributed by atoms with E-state index in [1.165, 1.54) is 15.6 Å². The highest BCUT2D eigenvalue weighted by molar-refractivity contribution is 7.91. The van der Waals surface area contributed by atoms with Crippen LogP contribution in [0.5, 0.6) is 0 Å². The number of anilines is 1. The van der Waals surface area contributed by atoms with E-state index in [2.05, 4.69) is 4.98 Å². The largest absolute Gasteiger partial charge is 0.384 e. The maximum absolute atomic E-state index is 12.6. The molecule has 1 saturated heterocycles. The predicted octanol–water partition coefficient (Wildman–Crippen LogP) is 1.75. The normalized spacial score (nSPS) is 19.7. The lowest BCUT2D eigenvalue weighted by Gasteiger charge is -2.31. The second-order valence-corrected chi connectivity index (χ2v) is 8.53. The molecule has 3 rings (SSSR count). The SMILES string of the molecule is Nc1cc(CC[C@@H]2CN(S(=O)(=O)c3cccs3)CCO2)ccn1. The first-order valence-corrected chi connectivity index (χ1v) is 9.73. The lowest BCUT2D eigenvalue weighted by molar-refractivity contribution is -0.00521. The average molecular weight is 353 g/mol. The van der Waals surface area contributed by atoms with E-state index in [9.17, 15) is 8.42 Å². The zero-order valence-corrected chi connectivity index (χ0v) is 14.2. The minimum absolute atomic E-state index is 0.104. The maximum atomic E-state index is 12.6.